The predicted molar refractivity (Wildman–Crippen MR) is 80.4 cm³/mol. The Labute approximate surface area is 125 Å². The number of hydrogen-bond donors (Lipinski definition) is 1. The number of thiazole rings is 1. The Hall–Kier alpha value is -1.34. The average Bonchev–Trinajstić information content (AvgIpc) is 2.96. The maximum atomic E-state index is 11.9. The first kappa shape index (κ1) is 13.6. The third-order valence-electron chi connectivity index (χ3n) is 3.02. The highest BCUT2D eigenvalue weighted by Crippen LogP contribution is 2.42. The molecule has 1 aliphatic carbocycles. The largest absolute Gasteiger partial charge is 0.300 e. The molecule has 5 nitrogen and oxygen atoms in total. The number of carbonyl (C=O) groups excluding carboxylic acids is 1. The molecule has 2 aromatic rings. The Bertz CT molecular complexity index is 571. The third-order valence-corrected chi connectivity index (χ3v) is 5.21. The first-order valence-corrected chi connectivity index (χ1v) is 8.39. The van der Waals surface area contributed by atoms with Crippen LogP contribution in [0, 0.1) is 0 Å². The summed E-state index contributed by atoms with van der Waals surface area (Å²) in [5.74, 6) is 0.899. The van der Waals surface area contributed by atoms with Crippen LogP contribution < -0.4 is 5.32 Å². The van der Waals surface area contributed by atoms with Gasteiger partial charge in [-0.3, -0.25) is 4.79 Å². The van der Waals surface area contributed by atoms with Gasteiger partial charge in [0.05, 0.1) is 17.1 Å². The second-order valence-electron chi connectivity index (χ2n) is 5.28. The highest BCUT2D eigenvalue weighted by atomic mass is 32.1. The van der Waals surface area contributed by atoms with Crippen LogP contribution in [0.5, 0.6) is 0 Å². The van der Waals surface area contributed by atoms with E-state index in [0.717, 1.165) is 15.7 Å². The summed E-state index contributed by atoms with van der Waals surface area (Å²) in [6.45, 7) is 4.20. The number of hydrogen-bond acceptors (Lipinski definition) is 6. The lowest BCUT2D eigenvalue weighted by molar-refractivity contribution is -0.115. The van der Waals surface area contributed by atoms with E-state index >= 15 is 0 Å². The van der Waals surface area contributed by atoms with Gasteiger partial charge in [-0.15, -0.1) is 21.5 Å². The van der Waals surface area contributed by atoms with E-state index in [4.69, 9.17) is 0 Å². The molecule has 2 aromatic heterocycles. The molecule has 1 saturated carbocycles. The molecule has 3 rings (SSSR count). The van der Waals surface area contributed by atoms with Crippen molar-refractivity contribution in [2.75, 3.05) is 5.32 Å². The number of amides is 1. The van der Waals surface area contributed by atoms with Crippen LogP contribution in [0.4, 0.5) is 5.13 Å². The number of anilines is 1. The fourth-order valence-corrected chi connectivity index (χ4v) is 3.54. The summed E-state index contributed by atoms with van der Waals surface area (Å²) in [4.78, 5) is 16.4. The van der Waals surface area contributed by atoms with Crippen LogP contribution in [0.15, 0.2) is 5.38 Å². The Morgan fingerprint density at radius 2 is 2.25 bits per heavy atom. The SMILES string of the molecule is CC(C)c1nc(CC(=O)Nc2nnc(C3CC3)s2)cs1. The minimum atomic E-state index is -0.0795. The van der Waals surface area contributed by atoms with E-state index in [9.17, 15) is 4.79 Å². The molecule has 0 saturated heterocycles. The van der Waals surface area contributed by atoms with Gasteiger partial charge in [0, 0.05) is 17.2 Å². The smallest absolute Gasteiger partial charge is 0.232 e. The van der Waals surface area contributed by atoms with Crippen LogP contribution >= 0.6 is 22.7 Å². The van der Waals surface area contributed by atoms with Crippen molar-refractivity contribution in [1.82, 2.24) is 15.2 Å². The zero-order chi connectivity index (χ0) is 14.1. The van der Waals surface area contributed by atoms with Crippen molar-refractivity contribution in [1.29, 1.82) is 0 Å². The highest BCUT2D eigenvalue weighted by Gasteiger charge is 2.27. The van der Waals surface area contributed by atoms with Crippen molar-refractivity contribution in [2.45, 2.75) is 44.9 Å². The van der Waals surface area contributed by atoms with Crippen LogP contribution in [0.1, 0.15) is 54.2 Å². The van der Waals surface area contributed by atoms with E-state index in [1.807, 2.05) is 5.38 Å². The van der Waals surface area contributed by atoms with Crippen molar-refractivity contribution in [3.05, 3.63) is 21.1 Å². The molecular weight excluding hydrogens is 292 g/mol. The second kappa shape index (κ2) is 5.57. The molecule has 1 amide bonds. The molecule has 0 radical (unpaired) electrons. The van der Waals surface area contributed by atoms with Crippen molar-refractivity contribution < 1.29 is 4.79 Å². The summed E-state index contributed by atoms with van der Waals surface area (Å²) in [6.07, 6.45) is 2.68. The van der Waals surface area contributed by atoms with Gasteiger partial charge < -0.3 is 5.32 Å². The molecule has 0 spiro atoms. The van der Waals surface area contributed by atoms with Crippen LogP contribution in [0.2, 0.25) is 0 Å². The number of carbonyl (C=O) groups is 1. The number of nitrogens with one attached hydrogen (secondary N) is 1. The monoisotopic (exact) mass is 308 g/mol. The van der Waals surface area contributed by atoms with Crippen LogP contribution in [-0.2, 0) is 11.2 Å². The molecule has 0 aliphatic heterocycles. The lowest BCUT2D eigenvalue weighted by Gasteiger charge is -1.99. The first-order chi connectivity index (χ1) is 9.61. The summed E-state index contributed by atoms with van der Waals surface area (Å²) < 4.78 is 0. The fraction of sp³-hybridized carbons (Fsp3) is 0.538. The third kappa shape index (κ3) is 3.21. The van der Waals surface area contributed by atoms with Crippen molar-refractivity contribution in [3.63, 3.8) is 0 Å². The summed E-state index contributed by atoms with van der Waals surface area (Å²) in [7, 11) is 0. The molecule has 1 N–H and O–H groups in total. The van der Waals surface area contributed by atoms with Crippen LogP contribution in [0.25, 0.3) is 0 Å². The average molecular weight is 308 g/mol. The summed E-state index contributed by atoms with van der Waals surface area (Å²) in [6, 6.07) is 0. The summed E-state index contributed by atoms with van der Waals surface area (Å²) in [5, 5.41) is 15.6. The molecule has 0 aromatic carbocycles. The Balaban J connectivity index is 1.57. The quantitative estimate of drug-likeness (QED) is 0.921. The number of aromatic nitrogens is 3. The molecule has 7 heteroatoms. The summed E-state index contributed by atoms with van der Waals surface area (Å²) in [5.41, 5.74) is 0.822. The van der Waals surface area contributed by atoms with Gasteiger partial charge in [0.1, 0.15) is 5.01 Å². The molecular formula is C13H16N4OS2. The molecule has 0 unspecified atom stereocenters. The lowest BCUT2D eigenvalue weighted by Crippen LogP contribution is -2.14. The summed E-state index contributed by atoms with van der Waals surface area (Å²) >= 11 is 3.09. The molecule has 1 aliphatic rings. The van der Waals surface area contributed by atoms with E-state index in [1.54, 1.807) is 11.3 Å². The van der Waals surface area contributed by atoms with Gasteiger partial charge in [-0.05, 0) is 12.8 Å². The predicted octanol–water partition coefficient (Wildman–Crippen LogP) is 3.18. The highest BCUT2D eigenvalue weighted by molar-refractivity contribution is 7.15. The van der Waals surface area contributed by atoms with E-state index in [2.05, 4.69) is 34.3 Å². The van der Waals surface area contributed by atoms with Gasteiger partial charge in [0.2, 0.25) is 11.0 Å². The zero-order valence-electron chi connectivity index (χ0n) is 11.4. The standard InChI is InChI=1S/C13H16N4OS2/c1-7(2)11-14-9(6-19-11)5-10(18)15-13-17-16-12(20-13)8-3-4-8/h6-8H,3-5H2,1-2H3,(H,15,17,18). The molecule has 2 heterocycles. The minimum absolute atomic E-state index is 0.0795. The van der Waals surface area contributed by atoms with Crippen molar-refractivity contribution >= 4 is 33.7 Å². The van der Waals surface area contributed by atoms with E-state index < -0.39 is 0 Å². The minimum Gasteiger partial charge on any atom is -0.300 e. The Morgan fingerprint density at radius 3 is 2.90 bits per heavy atom. The fourth-order valence-electron chi connectivity index (χ4n) is 1.78. The Kier molecular flexibility index (Phi) is 3.80. The van der Waals surface area contributed by atoms with Crippen molar-refractivity contribution in [3.8, 4) is 0 Å². The maximum absolute atomic E-state index is 11.9. The molecule has 0 atom stereocenters. The second-order valence-corrected chi connectivity index (χ2v) is 7.18. The van der Waals surface area contributed by atoms with Gasteiger partial charge in [-0.25, -0.2) is 4.98 Å². The van der Waals surface area contributed by atoms with E-state index in [0.29, 0.717) is 23.4 Å². The van der Waals surface area contributed by atoms with E-state index in [-0.39, 0.29) is 5.91 Å². The van der Waals surface area contributed by atoms with Gasteiger partial charge in [-0.2, -0.15) is 0 Å². The molecule has 20 heavy (non-hydrogen) atoms. The zero-order valence-corrected chi connectivity index (χ0v) is 13.1. The normalized spacial score (nSPS) is 14.8. The Morgan fingerprint density at radius 1 is 1.45 bits per heavy atom. The maximum Gasteiger partial charge on any atom is 0.232 e. The number of nitrogens with zero attached hydrogens (tertiary/aromatic N) is 3. The first-order valence-electron chi connectivity index (χ1n) is 6.69. The van der Waals surface area contributed by atoms with Crippen LogP contribution in [0.3, 0.4) is 0 Å². The molecule has 1 fully saturated rings. The van der Waals surface area contributed by atoms with Gasteiger partial charge in [0.25, 0.3) is 0 Å². The molecule has 106 valence electrons. The van der Waals surface area contributed by atoms with Gasteiger partial charge >= 0.3 is 0 Å². The lowest BCUT2D eigenvalue weighted by atomic mass is 10.2. The van der Waals surface area contributed by atoms with Gasteiger partial charge in [0.15, 0.2) is 0 Å². The molecule has 0 bridgehead atoms. The number of rotatable bonds is 5. The van der Waals surface area contributed by atoms with E-state index in [1.165, 1.54) is 24.2 Å². The topological polar surface area (TPSA) is 67.8 Å². The van der Waals surface area contributed by atoms with Crippen molar-refractivity contribution in [2.24, 2.45) is 0 Å². The van der Waals surface area contributed by atoms with Crippen LogP contribution in [-0.4, -0.2) is 21.1 Å². The van der Waals surface area contributed by atoms with Gasteiger partial charge in [-0.1, -0.05) is 25.2 Å².